The lowest BCUT2D eigenvalue weighted by Crippen LogP contribution is -2.48. The number of hydrogen-bond acceptors (Lipinski definition) is 4. The minimum Gasteiger partial charge on any atom is -0.381 e. The second-order valence-electron chi connectivity index (χ2n) is 6.01. The molecule has 0 radical (unpaired) electrons. The van der Waals surface area contributed by atoms with Gasteiger partial charge in [0, 0.05) is 38.2 Å². The van der Waals surface area contributed by atoms with Gasteiger partial charge in [-0.1, -0.05) is 0 Å². The SMILES string of the molecule is CCNC(=NCC(C)(C)OC)NCC1(SC)CCOCC1. The zero-order valence-electron chi connectivity index (χ0n) is 14.1. The summed E-state index contributed by atoms with van der Waals surface area (Å²) in [6.07, 6.45) is 4.36. The Bertz CT molecular complexity index is 329. The number of rotatable bonds is 7. The summed E-state index contributed by atoms with van der Waals surface area (Å²) >= 11 is 1.93. The molecule has 1 fully saturated rings. The van der Waals surface area contributed by atoms with Crippen LogP contribution in [0, 0.1) is 0 Å². The Hall–Kier alpha value is -0.460. The number of hydrogen-bond donors (Lipinski definition) is 2. The zero-order valence-corrected chi connectivity index (χ0v) is 14.9. The number of ether oxygens (including phenoxy) is 2. The highest BCUT2D eigenvalue weighted by Gasteiger charge is 2.31. The summed E-state index contributed by atoms with van der Waals surface area (Å²) in [7, 11) is 1.72. The molecule has 0 unspecified atom stereocenters. The standard InChI is InChI=1S/C15H31N3O2S/c1-6-16-13(17-11-14(2,3)19-4)18-12-15(21-5)7-9-20-10-8-15/h6-12H2,1-5H3,(H2,16,17,18). The van der Waals surface area contributed by atoms with Gasteiger partial charge in [0.1, 0.15) is 0 Å². The molecule has 0 amide bonds. The van der Waals surface area contributed by atoms with Crippen molar-refractivity contribution in [3.8, 4) is 0 Å². The minimum atomic E-state index is -0.238. The Kier molecular flexibility index (Phi) is 7.84. The van der Waals surface area contributed by atoms with Crippen molar-refractivity contribution in [2.24, 2.45) is 4.99 Å². The highest BCUT2D eigenvalue weighted by molar-refractivity contribution is 8.00. The summed E-state index contributed by atoms with van der Waals surface area (Å²) in [5.74, 6) is 0.863. The first-order valence-corrected chi connectivity index (χ1v) is 8.90. The van der Waals surface area contributed by atoms with Crippen molar-refractivity contribution < 1.29 is 9.47 Å². The van der Waals surface area contributed by atoms with Gasteiger partial charge in [-0.15, -0.1) is 0 Å². The summed E-state index contributed by atoms with van der Waals surface area (Å²) in [5, 5.41) is 6.79. The average molecular weight is 317 g/mol. The Morgan fingerprint density at radius 2 is 2.00 bits per heavy atom. The Labute approximate surface area is 133 Å². The Balaban J connectivity index is 2.58. The van der Waals surface area contributed by atoms with Crippen molar-refractivity contribution >= 4 is 17.7 Å². The second-order valence-corrected chi connectivity index (χ2v) is 7.29. The molecule has 2 N–H and O–H groups in total. The molecule has 0 aliphatic carbocycles. The van der Waals surface area contributed by atoms with Gasteiger partial charge in [0.15, 0.2) is 5.96 Å². The first-order chi connectivity index (χ1) is 9.97. The van der Waals surface area contributed by atoms with Crippen LogP contribution in [0.25, 0.3) is 0 Å². The van der Waals surface area contributed by atoms with Gasteiger partial charge in [-0.3, -0.25) is 4.99 Å². The lowest BCUT2D eigenvalue weighted by molar-refractivity contribution is 0.0310. The van der Waals surface area contributed by atoms with Crippen LogP contribution in [0.1, 0.15) is 33.6 Å². The quantitative estimate of drug-likeness (QED) is 0.555. The van der Waals surface area contributed by atoms with Crippen LogP contribution < -0.4 is 10.6 Å². The summed E-state index contributed by atoms with van der Waals surface area (Å²) in [6, 6.07) is 0. The van der Waals surface area contributed by atoms with E-state index in [1.165, 1.54) is 0 Å². The number of aliphatic imine (C=N–C) groups is 1. The van der Waals surface area contributed by atoms with Crippen molar-refractivity contribution in [1.82, 2.24) is 10.6 Å². The maximum atomic E-state index is 5.48. The summed E-state index contributed by atoms with van der Waals surface area (Å²) in [5.41, 5.74) is -0.238. The van der Waals surface area contributed by atoms with Gasteiger partial charge in [-0.25, -0.2) is 0 Å². The van der Waals surface area contributed by atoms with Crippen LogP contribution in [0.3, 0.4) is 0 Å². The number of guanidine groups is 1. The smallest absolute Gasteiger partial charge is 0.191 e. The van der Waals surface area contributed by atoms with E-state index < -0.39 is 0 Å². The highest BCUT2D eigenvalue weighted by Crippen LogP contribution is 2.32. The lowest BCUT2D eigenvalue weighted by Gasteiger charge is -2.36. The fourth-order valence-corrected chi connectivity index (χ4v) is 2.91. The van der Waals surface area contributed by atoms with Crippen LogP contribution in [0.15, 0.2) is 4.99 Å². The van der Waals surface area contributed by atoms with E-state index in [0.29, 0.717) is 6.54 Å². The van der Waals surface area contributed by atoms with Crippen LogP contribution in [0.2, 0.25) is 0 Å². The van der Waals surface area contributed by atoms with E-state index in [0.717, 1.165) is 45.1 Å². The number of thioether (sulfide) groups is 1. The topological polar surface area (TPSA) is 54.9 Å². The molecule has 21 heavy (non-hydrogen) atoms. The summed E-state index contributed by atoms with van der Waals surface area (Å²) < 4.78 is 11.2. The van der Waals surface area contributed by atoms with E-state index in [2.05, 4.69) is 28.8 Å². The lowest BCUT2D eigenvalue weighted by atomic mass is 9.99. The molecule has 1 saturated heterocycles. The van der Waals surface area contributed by atoms with Crippen molar-refractivity contribution in [3.05, 3.63) is 0 Å². The van der Waals surface area contributed by atoms with Gasteiger partial charge in [-0.05, 0) is 39.9 Å². The number of nitrogens with one attached hydrogen (secondary N) is 2. The Morgan fingerprint density at radius 3 is 2.52 bits per heavy atom. The van der Waals surface area contributed by atoms with Gasteiger partial charge in [0.05, 0.1) is 12.1 Å². The molecule has 1 aliphatic rings. The molecule has 0 saturated carbocycles. The third kappa shape index (κ3) is 6.45. The van der Waals surface area contributed by atoms with Crippen molar-refractivity contribution in [1.29, 1.82) is 0 Å². The van der Waals surface area contributed by atoms with Gasteiger partial charge < -0.3 is 20.1 Å². The Morgan fingerprint density at radius 1 is 1.33 bits per heavy atom. The third-order valence-electron chi connectivity index (χ3n) is 3.93. The molecule has 0 aromatic carbocycles. The van der Waals surface area contributed by atoms with E-state index in [-0.39, 0.29) is 10.3 Å². The molecule has 124 valence electrons. The molecule has 0 spiro atoms. The monoisotopic (exact) mass is 317 g/mol. The zero-order chi connectivity index (χ0) is 15.8. The fraction of sp³-hybridized carbons (Fsp3) is 0.933. The first kappa shape index (κ1) is 18.6. The molecule has 5 nitrogen and oxygen atoms in total. The summed E-state index contributed by atoms with van der Waals surface area (Å²) in [6.45, 7) is 10.3. The van der Waals surface area contributed by atoms with Crippen LogP contribution in [0.4, 0.5) is 0 Å². The van der Waals surface area contributed by atoms with Crippen LogP contribution in [-0.2, 0) is 9.47 Å². The van der Waals surface area contributed by atoms with E-state index in [4.69, 9.17) is 9.47 Å². The maximum absolute atomic E-state index is 5.48. The highest BCUT2D eigenvalue weighted by atomic mass is 32.2. The predicted molar refractivity (Wildman–Crippen MR) is 91.4 cm³/mol. The van der Waals surface area contributed by atoms with E-state index >= 15 is 0 Å². The largest absolute Gasteiger partial charge is 0.381 e. The number of methoxy groups -OCH3 is 1. The minimum absolute atomic E-state index is 0.238. The van der Waals surface area contributed by atoms with E-state index in [1.54, 1.807) is 7.11 Å². The van der Waals surface area contributed by atoms with Gasteiger partial charge in [-0.2, -0.15) is 11.8 Å². The molecular weight excluding hydrogens is 286 g/mol. The van der Waals surface area contributed by atoms with Gasteiger partial charge in [0.2, 0.25) is 0 Å². The molecule has 0 aromatic heterocycles. The van der Waals surface area contributed by atoms with Gasteiger partial charge in [0.25, 0.3) is 0 Å². The fourth-order valence-electron chi connectivity index (χ4n) is 2.12. The molecule has 0 aromatic rings. The normalized spacial score (nSPS) is 19.4. The van der Waals surface area contributed by atoms with Gasteiger partial charge >= 0.3 is 0 Å². The summed E-state index contributed by atoms with van der Waals surface area (Å²) in [4.78, 5) is 4.63. The maximum Gasteiger partial charge on any atom is 0.191 e. The van der Waals surface area contributed by atoms with Crippen molar-refractivity contribution in [2.75, 3.05) is 46.2 Å². The molecule has 0 atom stereocenters. The predicted octanol–water partition coefficient (Wildman–Crippen LogP) is 1.88. The van der Waals surface area contributed by atoms with Crippen LogP contribution >= 0.6 is 11.8 Å². The molecular formula is C15H31N3O2S. The van der Waals surface area contributed by atoms with Crippen LogP contribution in [-0.4, -0.2) is 62.5 Å². The van der Waals surface area contributed by atoms with Crippen molar-refractivity contribution in [3.63, 3.8) is 0 Å². The van der Waals surface area contributed by atoms with Crippen LogP contribution in [0.5, 0.6) is 0 Å². The van der Waals surface area contributed by atoms with Crippen molar-refractivity contribution in [2.45, 2.75) is 44.0 Å². The first-order valence-electron chi connectivity index (χ1n) is 7.67. The van der Waals surface area contributed by atoms with E-state index in [1.807, 2.05) is 25.6 Å². The molecule has 0 bridgehead atoms. The molecule has 1 heterocycles. The molecule has 6 heteroatoms. The van der Waals surface area contributed by atoms with E-state index in [9.17, 15) is 0 Å². The third-order valence-corrected chi connectivity index (χ3v) is 5.35. The molecule has 1 aliphatic heterocycles. The average Bonchev–Trinajstić information content (AvgIpc) is 2.51. The second kappa shape index (κ2) is 8.86. The molecule has 1 rings (SSSR count). The number of nitrogens with zero attached hydrogens (tertiary/aromatic N) is 1.